The summed E-state index contributed by atoms with van der Waals surface area (Å²) in [7, 11) is 0. The van der Waals surface area contributed by atoms with Gasteiger partial charge in [0.15, 0.2) is 0 Å². The molecule has 0 aromatic carbocycles. The highest BCUT2D eigenvalue weighted by Crippen LogP contribution is 2.44. The second-order valence-corrected chi connectivity index (χ2v) is 15.1. The first-order valence-corrected chi connectivity index (χ1v) is 18.7. The lowest BCUT2D eigenvalue weighted by molar-refractivity contribution is -0.416. The molecule has 1 heterocycles. The van der Waals surface area contributed by atoms with Gasteiger partial charge in [-0.1, -0.05) is 77.0 Å². The maximum absolute atomic E-state index is 15.8. The molecule has 5 fully saturated rings. The summed E-state index contributed by atoms with van der Waals surface area (Å²) >= 11 is 0. The summed E-state index contributed by atoms with van der Waals surface area (Å²) in [5.41, 5.74) is 0. The van der Waals surface area contributed by atoms with E-state index in [1.165, 1.54) is 19.3 Å². The number of aliphatic hydroxyl groups is 1. The van der Waals surface area contributed by atoms with Gasteiger partial charge in [-0.3, -0.25) is 0 Å². The van der Waals surface area contributed by atoms with Gasteiger partial charge in [-0.05, 0) is 75.0 Å². The van der Waals surface area contributed by atoms with E-state index in [1.807, 2.05) is 0 Å². The van der Waals surface area contributed by atoms with E-state index in [1.54, 1.807) is 0 Å². The van der Waals surface area contributed by atoms with Gasteiger partial charge >= 0.3 is 11.9 Å². The number of ether oxygens (including phenoxy) is 5. The lowest BCUT2D eigenvalue weighted by Gasteiger charge is -2.52. The van der Waals surface area contributed by atoms with E-state index in [9.17, 15) is 15.0 Å². The van der Waals surface area contributed by atoms with Crippen molar-refractivity contribution in [3.8, 4) is 0 Å². The first-order chi connectivity index (χ1) is 22.3. The number of rotatable bonds is 15. The molecule has 0 bridgehead atoms. The first-order valence-electron chi connectivity index (χ1n) is 18.7. The molecule has 1 aliphatic heterocycles. The van der Waals surface area contributed by atoms with Crippen molar-refractivity contribution >= 4 is 5.97 Å². The third-order valence-electron chi connectivity index (χ3n) is 11.5. The highest BCUT2D eigenvalue weighted by Gasteiger charge is 2.71. The van der Waals surface area contributed by atoms with Crippen LogP contribution in [0.2, 0.25) is 0 Å². The quantitative estimate of drug-likeness (QED) is 0.189. The summed E-state index contributed by atoms with van der Waals surface area (Å²) < 4.78 is 63.0. The summed E-state index contributed by atoms with van der Waals surface area (Å²) in [5.74, 6) is -9.49. The van der Waals surface area contributed by atoms with Gasteiger partial charge < -0.3 is 33.9 Å². The Kier molecular flexibility index (Phi) is 14.0. The van der Waals surface area contributed by atoms with E-state index in [0.717, 1.165) is 109 Å². The van der Waals surface area contributed by atoms with E-state index < -0.39 is 42.1 Å². The van der Waals surface area contributed by atoms with Crippen LogP contribution in [0.3, 0.4) is 0 Å². The van der Waals surface area contributed by atoms with E-state index in [2.05, 4.69) is 0 Å². The zero-order chi connectivity index (χ0) is 32.4. The van der Waals surface area contributed by atoms with Crippen LogP contribution in [0, 0.1) is 23.7 Å². The Morgan fingerprint density at radius 2 is 1.00 bits per heavy atom. The molecule has 8 nitrogen and oxygen atoms in total. The number of halogens is 2. The van der Waals surface area contributed by atoms with Crippen LogP contribution in [0.15, 0.2) is 0 Å². The van der Waals surface area contributed by atoms with Gasteiger partial charge in [-0.15, -0.1) is 0 Å². The molecule has 0 aromatic rings. The van der Waals surface area contributed by atoms with Gasteiger partial charge in [0.2, 0.25) is 0 Å². The second kappa shape index (κ2) is 17.7. The molecule has 5 aliphatic rings. The number of aliphatic carboxylic acids is 1. The molecule has 10 heteroatoms. The first kappa shape index (κ1) is 36.4. The van der Waals surface area contributed by atoms with E-state index in [-0.39, 0.29) is 25.0 Å². The second-order valence-electron chi connectivity index (χ2n) is 15.1. The SMILES string of the molecule is O=C(O)C(F)(F)[C@]1(O)O[C@H](COCC2CCCCC2)[C@@H](OCC2CCCCC2)[C@H](OCC2CCCCC2)[C@H]1OCC1CCCCC1. The number of hydrogen-bond donors (Lipinski definition) is 2. The van der Waals surface area contributed by atoms with Gasteiger partial charge in [-0.25, -0.2) is 4.79 Å². The summed E-state index contributed by atoms with van der Waals surface area (Å²) in [6.45, 7) is 1.19. The fourth-order valence-corrected chi connectivity index (χ4v) is 8.60. The van der Waals surface area contributed by atoms with Crippen molar-refractivity contribution in [2.24, 2.45) is 23.7 Å². The van der Waals surface area contributed by atoms with Crippen LogP contribution in [0.1, 0.15) is 128 Å². The van der Waals surface area contributed by atoms with E-state index in [0.29, 0.717) is 31.7 Å². The number of carboxylic acids is 1. The normalized spacial score (nSPS) is 33.3. The lowest BCUT2D eigenvalue weighted by Crippen LogP contribution is -2.74. The Balaban J connectivity index is 1.43. The molecular formula is C36H60F2O8. The lowest BCUT2D eigenvalue weighted by atomic mass is 9.86. The summed E-state index contributed by atoms with van der Waals surface area (Å²) in [4.78, 5) is 12.1. The summed E-state index contributed by atoms with van der Waals surface area (Å²) in [5, 5.41) is 21.6. The molecule has 5 rings (SSSR count). The predicted molar refractivity (Wildman–Crippen MR) is 169 cm³/mol. The zero-order valence-electron chi connectivity index (χ0n) is 27.9. The molecule has 4 aliphatic carbocycles. The van der Waals surface area contributed by atoms with Crippen LogP contribution in [-0.2, 0) is 28.5 Å². The topological polar surface area (TPSA) is 104 Å². The van der Waals surface area contributed by atoms with Crippen LogP contribution in [0.5, 0.6) is 0 Å². The van der Waals surface area contributed by atoms with Crippen LogP contribution >= 0.6 is 0 Å². The molecule has 4 saturated carbocycles. The fourth-order valence-electron chi connectivity index (χ4n) is 8.60. The third-order valence-corrected chi connectivity index (χ3v) is 11.5. The van der Waals surface area contributed by atoms with Crippen molar-refractivity contribution in [3.05, 3.63) is 0 Å². The van der Waals surface area contributed by atoms with Crippen molar-refractivity contribution in [2.45, 2.75) is 165 Å². The molecule has 0 unspecified atom stereocenters. The van der Waals surface area contributed by atoms with Crippen molar-refractivity contribution < 1.29 is 47.5 Å². The van der Waals surface area contributed by atoms with Crippen molar-refractivity contribution in [1.29, 1.82) is 0 Å². The smallest absolute Gasteiger partial charge is 0.397 e. The fraction of sp³-hybridized carbons (Fsp3) is 0.972. The molecule has 0 radical (unpaired) electrons. The highest BCUT2D eigenvalue weighted by atomic mass is 19.3. The molecule has 1 saturated heterocycles. The minimum Gasteiger partial charge on any atom is -0.477 e. The van der Waals surface area contributed by atoms with Crippen LogP contribution < -0.4 is 0 Å². The molecule has 0 aromatic heterocycles. The highest BCUT2D eigenvalue weighted by molar-refractivity contribution is 5.77. The van der Waals surface area contributed by atoms with E-state index >= 15 is 8.78 Å². The van der Waals surface area contributed by atoms with Crippen molar-refractivity contribution in [3.63, 3.8) is 0 Å². The van der Waals surface area contributed by atoms with Gasteiger partial charge in [0.1, 0.15) is 24.4 Å². The Hall–Kier alpha value is -0.910. The summed E-state index contributed by atoms with van der Waals surface area (Å²) in [6, 6.07) is 0. The van der Waals surface area contributed by atoms with Gasteiger partial charge in [0.25, 0.3) is 5.79 Å². The molecule has 46 heavy (non-hydrogen) atoms. The Morgan fingerprint density at radius 3 is 1.43 bits per heavy atom. The van der Waals surface area contributed by atoms with Crippen LogP contribution in [-0.4, -0.2) is 85.3 Å². The minimum atomic E-state index is -4.66. The molecule has 0 spiro atoms. The number of carbonyl (C=O) groups is 1. The Morgan fingerprint density at radius 1 is 0.609 bits per heavy atom. The Labute approximate surface area is 274 Å². The molecule has 2 N–H and O–H groups in total. The van der Waals surface area contributed by atoms with Crippen molar-refractivity contribution in [1.82, 2.24) is 0 Å². The number of alkyl halides is 2. The van der Waals surface area contributed by atoms with Gasteiger partial charge in [0, 0.05) is 6.61 Å². The number of carboxylic acid groups (broad SMARTS) is 1. The maximum atomic E-state index is 15.8. The average molecular weight is 659 g/mol. The zero-order valence-corrected chi connectivity index (χ0v) is 27.9. The average Bonchev–Trinajstić information content (AvgIpc) is 3.08. The third kappa shape index (κ3) is 9.41. The Bertz CT molecular complexity index is 898. The van der Waals surface area contributed by atoms with Gasteiger partial charge in [0.05, 0.1) is 26.4 Å². The predicted octanol–water partition coefficient (Wildman–Crippen LogP) is 7.29. The van der Waals surface area contributed by atoms with Gasteiger partial charge in [-0.2, -0.15) is 8.78 Å². The molecule has 266 valence electrons. The molecule has 5 atom stereocenters. The molecular weight excluding hydrogens is 598 g/mol. The van der Waals surface area contributed by atoms with E-state index in [4.69, 9.17) is 23.7 Å². The van der Waals surface area contributed by atoms with Crippen LogP contribution in [0.25, 0.3) is 0 Å². The number of hydrogen-bond acceptors (Lipinski definition) is 7. The van der Waals surface area contributed by atoms with Crippen molar-refractivity contribution in [2.75, 3.05) is 33.0 Å². The molecule has 0 amide bonds. The minimum absolute atomic E-state index is 0.109. The largest absolute Gasteiger partial charge is 0.477 e. The maximum Gasteiger partial charge on any atom is 0.397 e. The van der Waals surface area contributed by atoms with Crippen LogP contribution in [0.4, 0.5) is 8.78 Å². The summed E-state index contributed by atoms with van der Waals surface area (Å²) in [6.07, 6.45) is 16.5. The monoisotopic (exact) mass is 658 g/mol. The standard InChI is InChI=1S/C36H60F2O8/c37-35(38,34(39)40)36(41)33(45-24-29-19-11-4-12-20-29)32(44-23-28-17-9-3-10-18-28)31(43-22-27-15-7-2-8-16-27)30(46-36)25-42-21-26-13-5-1-6-14-26/h26-33,41H,1-25H2,(H,39,40)/t30-,31-,32+,33-,36-/m1/s1.